The third-order valence-corrected chi connectivity index (χ3v) is 1.46. The Labute approximate surface area is 98.3 Å². The van der Waals surface area contributed by atoms with E-state index in [0.717, 1.165) is 5.75 Å². The van der Waals surface area contributed by atoms with E-state index in [2.05, 4.69) is 6.07 Å². The van der Waals surface area contributed by atoms with E-state index in [-0.39, 0.29) is 6.10 Å². The van der Waals surface area contributed by atoms with E-state index < -0.39 is 0 Å². The molecule has 1 aromatic rings. The first-order chi connectivity index (χ1) is 7.56. The van der Waals surface area contributed by atoms with Crippen molar-refractivity contribution in [2.24, 2.45) is 0 Å². The Morgan fingerprint density at radius 1 is 1.25 bits per heavy atom. The maximum atomic E-state index is 8.38. The van der Waals surface area contributed by atoms with Gasteiger partial charge in [-0.15, -0.1) is 0 Å². The monoisotopic (exact) mass is 220 g/mol. The first kappa shape index (κ1) is 14.5. The molecule has 0 aliphatic carbocycles. The summed E-state index contributed by atoms with van der Waals surface area (Å²) in [6.45, 7) is 1.89. The summed E-state index contributed by atoms with van der Waals surface area (Å²) in [6, 6.07) is 11.6. The zero-order chi connectivity index (χ0) is 12.4. The minimum absolute atomic E-state index is 0.0302. The van der Waals surface area contributed by atoms with Gasteiger partial charge in [0.25, 0.3) is 0 Å². The van der Waals surface area contributed by atoms with Crippen LogP contribution in [0.15, 0.2) is 30.3 Å². The first-order valence-electron chi connectivity index (χ1n) is 5.25. The van der Waals surface area contributed by atoms with E-state index in [1.807, 2.05) is 63.3 Å². The highest BCUT2D eigenvalue weighted by molar-refractivity contribution is 5.21. The Balaban J connectivity index is 0.000000487. The summed E-state index contributed by atoms with van der Waals surface area (Å²) < 4.78 is 5.43. The van der Waals surface area contributed by atoms with Crippen molar-refractivity contribution in [2.75, 3.05) is 21.1 Å². The molecular formula is C13H20N2O. The minimum atomic E-state index is -0.0302. The Morgan fingerprint density at radius 2 is 1.75 bits per heavy atom. The largest absolute Gasteiger partial charge is 0.490 e. The van der Waals surface area contributed by atoms with Crippen LogP contribution in [0, 0.1) is 11.3 Å². The number of para-hydroxylation sites is 1. The van der Waals surface area contributed by atoms with Gasteiger partial charge in [0.1, 0.15) is 11.9 Å². The van der Waals surface area contributed by atoms with Gasteiger partial charge < -0.3 is 9.64 Å². The zero-order valence-corrected chi connectivity index (χ0v) is 10.5. The number of nitrogens with zero attached hydrogens (tertiary/aromatic N) is 2. The van der Waals surface area contributed by atoms with Gasteiger partial charge in [0.05, 0.1) is 12.5 Å². The number of benzene rings is 1. The van der Waals surface area contributed by atoms with Gasteiger partial charge in [-0.05, 0) is 40.2 Å². The summed E-state index contributed by atoms with van der Waals surface area (Å²) in [7, 11) is 6.00. The third-order valence-electron chi connectivity index (χ3n) is 1.46. The Bertz CT molecular complexity index is 301. The van der Waals surface area contributed by atoms with E-state index in [0.29, 0.717) is 6.42 Å². The molecule has 0 saturated heterocycles. The van der Waals surface area contributed by atoms with Crippen LogP contribution >= 0.6 is 0 Å². The van der Waals surface area contributed by atoms with Gasteiger partial charge in [0, 0.05) is 0 Å². The van der Waals surface area contributed by atoms with Crippen molar-refractivity contribution < 1.29 is 4.74 Å². The molecule has 0 amide bonds. The fraction of sp³-hybridized carbons (Fsp3) is 0.462. The number of hydrogen-bond donors (Lipinski definition) is 0. The van der Waals surface area contributed by atoms with E-state index in [9.17, 15) is 0 Å². The van der Waals surface area contributed by atoms with Crippen LogP contribution in [0.5, 0.6) is 5.75 Å². The van der Waals surface area contributed by atoms with Crippen LogP contribution in [0.2, 0.25) is 0 Å². The Kier molecular flexibility index (Phi) is 7.92. The molecule has 16 heavy (non-hydrogen) atoms. The van der Waals surface area contributed by atoms with Crippen LogP contribution in [-0.4, -0.2) is 32.1 Å². The van der Waals surface area contributed by atoms with Crippen molar-refractivity contribution in [3.63, 3.8) is 0 Å². The molecule has 0 aliphatic rings. The van der Waals surface area contributed by atoms with Crippen molar-refractivity contribution in [2.45, 2.75) is 19.4 Å². The lowest BCUT2D eigenvalue weighted by Gasteiger charge is -2.10. The molecule has 0 heterocycles. The molecule has 88 valence electrons. The van der Waals surface area contributed by atoms with E-state index >= 15 is 0 Å². The van der Waals surface area contributed by atoms with Crippen molar-refractivity contribution in [3.05, 3.63) is 30.3 Å². The number of rotatable bonds is 3. The van der Waals surface area contributed by atoms with Crippen LogP contribution in [-0.2, 0) is 0 Å². The van der Waals surface area contributed by atoms with Gasteiger partial charge in [-0.25, -0.2) is 0 Å². The predicted octanol–water partition coefficient (Wildman–Crippen LogP) is 2.55. The predicted molar refractivity (Wildman–Crippen MR) is 66.4 cm³/mol. The second-order valence-electron chi connectivity index (χ2n) is 3.95. The molecule has 1 atom stereocenters. The summed E-state index contributed by atoms with van der Waals surface area (Å²) in [5, 5.41) is 8.38. The lowest BCUT2D eigenvalue weighted by molar-refractivity contribution is 0.227. The molecule has 0 radical (unpaired) electrons. The molecule has 3 nitrogen and oxygen atoms in total. The second-order valence-corrected chi connectivity index (χ2v) is 3.95. The van der Waals surface area contributed by atoms with Crippen molar-refractivity contribution in [1.82, 2.24) is 4.90 Å². The van der Waals surface area contributed by atoms with E-state index in [1.54, 1.807) is 0 Å². The maximum absolute atomic E-state index is 8.38. The second kappa shape index (κ2) is 8.75. The first-order valence-corrected chi connectivity index (χ1v) is 5.25. The highest BCUT2D eigenvalue weighted by Gasteiger charge is 2.00. The molecule has 3 heteroatoms. The smallest absolute Gasteiger partial charge is 0.119 e. The highest BCUT2D eigenvalue weighted by Crippen LogP contribution is 2.11. The molecule has 0 aromatic heterocycles. The highest BCUT2D eigenvalue weighted by atomic mass is 16.5. The molecule has 1 unspecified atom stereocenters. The summed E-state index contributed by atoms with van der Waals surface area (Å²) in [5.74, 6) is 0.820. The Morgan fingerprint density at radius 3 is 2.19 bits per heavy atom. The summed E-state index contributed by atoms with van der Waals surface area (Å²) >= 11 is 0. The molecular weight excluding hydrogens is 200 g/mol. The maximum Gasteiger partial charge on any atom is 0.119 e. The molecule has 1 aromatic carbocycles. The number of ether oxygens (including phenoxy) is 1. The molecule has 0 bridgehead atoms. The average molecular weight is 220 g/mol. The fourth-order valence-electron chi connectivity index (χ4n) is 0.902. The molecule has 0 fully saturated rings. The number of hydrogen-bond acceptors (Lipinski definition) is 3. The van der Waals surface area contributed by atoms with Gasteiger partial charge in [-0.3, -0.25) is 0 Å². The fourth-order valence-corrected chi connectivity index (χ4v) is 0.902. The van der Waals surface area contributed by atoms with E-state index in [1.165, 1.54) is 0 Å². The van der Waals surface area contributed by atoms with Gasteiger partial charge in [0.2, 0.25) is 0 Å². The van der Waals surface area contributed by atoms with Gasteiger partial charge in [-0.1, -0.05) is 18.2 Å². The van der Waals surface area contributed by atoms with Crippen molar-refractivity contribution >= 4 is 0 Å². The van der Waals surface area contributed by atoms with Crippen molar-refractivity contribution in [3.8, 4) is 11.8 Å². The van der Waals surface area contributed by atoms with Crippen LogP contribution in [0.3, 0.4) is 0 Å². The Hall–Kier alpha value is -1.53. The summed E-state index contributed by atoms with van der Waals surface area (Å²) in [5.41, 5.74) is 0. The lowest BCUT2D eigenvalue weighted by atomic mass is 10.3. The number of nitriles is 1. The van der Waals surface area contributed by atoms with Gasteiger partial charge in [-0.2, -0.15) is 5.26 Å². The molecule has 0 aliphatic heterocycles. The van der Waals surface area contributed by atoms with Crippen molar-refractivity contribution in [1.29, 1.82) is 5.26 Å². The van der Waals surface area contributed by atoms with Crippen LogP contribution < -0.4 is 4.74 Å². The molecule has 0 spiro atoms. The van der Waals surface area contributed by atoms with Crippen LogP contribution in [0.1, 0.15) is 13.3 Å². The summed E-state index contributed by atoms with van der Waals surface area (Å²) in [4.78, 5) is 2.00. The topological polar surface area (TPSA) is 36.3 Å². The lowest BCUT2D eigenvalue weighted by Crippen LogP contribution is -2.10. The normalized spacial score (nSPS) is 11.0. The average Bonchev–Trinajstić information content (AvgIpc) is 2.18. The summed E-state index contributed by atoms with van der Waals surface area (Å²) in [6.07, 6.45) is 0.395. The standard InChI is InChI=1S/C10H11NO.C3H9N/c1-9(7-8-11)12-10-5-3-2-4-6-10;1-4(2)3/h2-6,9H,7H2,1H3;1-3H3. The zero-order valence-electron chi connectivity index (χ0n) is 10.5. The van der Waals surface area contributed by atoms with Gasteiger partial charge >= 0.3 is 0 Å². The minimum Gasteiger partial charge on any atom is -0.490 e. The van der Waals surface area contributed by atoms with Crippen LogP contribution in [0.25, 0.3) is 0 Å². The quantitative estimate of drug-likeness (QED) is 0.785. The molecule has 1 rings (SSSR count). The van der Waals surface area contributed by atoms with Gasteiger partial charge in [0.15, 0.2) is 0 Å². The van der Waals surface area contributed by atoms with E-state index in [4.69, 9.17) is 10.00 Å². The molecule has 0 N–H and O–H groups in total. The SMILES string of the molecule is CC(CC#N)Oc1ccccc1.CN(C)C. The third kappa shape index (κ3) is 9.04. The molecule has 0 saturated carbocycles. The van der Waals surface area contributed by atoms with Crippen LogP contribution in [0.4, 0.5) is 0 Å².